The first-order chi connectivity index (χ1) is 13.8. The summed E-state index contributed by atoms with van der Waals surface area (Å²) in [6, 6.07) is 20.4. The van der Waals surface area contributed by atoms with E-state index in [0.29, 0.717) is 5.69 Å². The first-order valence-corrected chi connectivity index (χ1v) is 11.5. The molecule has 0 atom stereocenters. The number of ether oxygens (including phenoxy) is 1. The van der Waals surface area contributed by atoms with Crippen molar-refractivity contribution in [2.75, 3.05) is 23.2 Å². The molecular weight excluding hydrogens is 412 g/mol. The van der Waals surface area contributed by atoms with Crippen molar-refractivity contribution in [2.24, 2.45) is 0 Å². The van der Waals surface area contributed by atoms with Crippen LogP contribution in [-0.2, 0) is 20.0 Å². The largest absolute Gasteiger partial charge is 0.495 e. The van der Waals surface area contributed by atoms with E-state index < -0.39 is 20.0 Å². The van der Waals surface area contributed by atoms with Crippen LogP contribution in [-0.4, -0.2) is 31.0 Å². The minimum Gasteiger partial charge on any atom is -0.495 e. The number of hydrogen-bond donors (Lipinski definition) is 1. The molecule has 0 aliphatic heterocycles. The molecule has 0 aliphatic carbocycles. The lowest BCUT2D eigenvalue weighted by atomic mass is 10.3. The number of nitrogens with one attached hydrogen (secondary N) is 1. The van der Waals surface area contributed by atoms with E-state index in [1.807, 2.05) is 0 Å². The van der Waals surface area contributed by atoms with Gasteiger partial charge in [-0.1, -0.05) is 36.4 Å². The number of rotatable bonds is 7. The van der Waals surface area contributed by atoms with Crippen molar-refractivity contribution >= 4 is 31.4 Å². The third-order valence-electron chi connectivity index (χ3n) is 4.22. The predicted molar refractivity (Wildman–Crippen MR) is 112 cm³/mol. The highest BCUT2D eigenvalue weighted by Gasteiger charge is 2.23. The van der Waals surface area contributed by atoms with Gasteiger partial charge < -0.3 is 4.74 Å². The Morgan fingerprint density at radius 2 is 1.48 bits per heavy atom. The Morgan fingerprint density at radius 1 is 0.828 bits per heavy atom. The predicted octanol–water partition coefficient (Wildman–Crippen LogP) is 3.32. The Morgan fingerprint density at radius 3 is 2.17 bits per heavy atom. The van der Waals surface area contributed by atoms with Gasteiger partial charge in [0.25, 0.3) is 20.0 Å². The molecule has 0 saturated heterocycles. The van der Waals surface area contributed by atoms with Gasteiger partial charge in [-0.2, -0.15) is 0 Å². The normalized spacial score (nSPS) is 11.7. The molecular formula is C20H20N2O5S2. The molecule has 0 heterocycles. The second kappa shape index (κ2) is 8.14. The summed E-state index contributed by atoms with van der Waals surface area (Å²) >= 11 is 0. The summed E-state index contributed by atoms with van der Waals surface area (Å²) in [6.45, 7) is 0. The Kier molecular flexibility index (Phi) is 5.81. The van der Waals surface area contributed by atoms with Gasteiger partial charge in [-0.25, -0.2) is 16.8 Å². The van der Waals surface area contributed by atoms with E-state index in [9.17, 15) is 16.8 Å². The van der Waals surface area contributed by atoms with Gasteiger partial charge in [0.05, 0.1) is 23.4 Å². The van der Waals surface area contributed by atoms with Crippen LogP contribution in [0.1, 0.15) is 0 Å². The van der Waals surface area contributed by atoms with E-state index in [1.165, 1.54) is 50.6 Å². The maximum absolute atomic E-state index is 12.9. The molecule has 3 aromatic rings. The summed E-state index contributed by atoms with van der Waals surface area (Å²) in [7, 11) is -5.03. The highest BCUT2D eigenvalue weighted by atomic mass is 32.2. The molecule has 0 amide bonds. The number of benzene rings is 3. The van der Waals surface area contributed by atoms with Crippen molar-refractivity contribution in [1.29, 1.82) is 0 Å². The van der Waals surface area contributed by atoms with Gasteiger partial charge in [-0.3, -0.25) is 9.03 Å². The van der Waals surface area contributed by atoms with Crippen molar-refractivity contribution in [3.8, 4) is 5.75 Å². The quantitative estimate of drug-likeness (QED) is 0.618. The fourth-order valence-corrected chi connectivity index (χ4v) is 5.17. The van der Waals surface area contributed by atoms with Crippen molar-refractivity contribution in [3.63, 3.8) is 0 Å². The SMILES string of the molecule is COc1ccccc1S(=O)(=O)Nc1cccc(S(=O)(=O)N(C)c2ccccc2)c1. The summed E-state index contributed by atoms with van der Waals surface area (Å²) in [5.41, 5.74) is 0.617. The molecule has 0 saturated carbocycles. The van der Waals surface area contributed by atoms with Gasteiger partial charge in [0, 0.05) is 7.05 Å². The molecule has 0 fully saturated rings. The summed E-state index contributed by atoms with van der Waals surface area (Å²) < 4.78 is 60.0. The van der Waals surface area contributed by atoms with Crippen molar-refractivity contribution in [1.82, 2.24) is 0 Å². The lowest BCUT2D eigenvalue weighted by molar-refractivity contribution is 0.403. The zero-order valence-electron chi connectivity index (χ0n) is 15.8. The van der Waals surface area contributed by atoms with E-state index in [4.69, 9.17) is 4.74 Å². The molecule has 0 aliphatic rings. The van der Waals surface area contributed by atoms with Crippen LogP contribution in [0.4, 0.5) is 11.4 Å². The zero-order chi connectivity index (χ0) is 21.1. The van der Waals surface area contributed by atoms with Gasteiger partial charge >= 0.3 is 0 Å². The van der Waals surface area contributed by atoms with Crippen LogP contribution in [0.15, 0.2) is 88.7 Å². The molecule has 0 unspecified atom stereocenters. The summed E-state index contributed by atoms with van der Waals surface area (Å²) in [4.78, 5) is -0.0822. The minimum atomic E-state index is -3.97. The number of nitrogens with zero attached hydrogens (tertiary/aromatic N) is 1. The van der Waals surface area contributed by atoms with E-state index in [-0.39, 0.29) is 21.2 Å². The van der Waals surface area contributed by atoms with Crippen molar-refractivity contribution < 1.29 is 21.6 Å². The molecule has 9 heteroatoms. The average Bonchev–Trinajstić information content (AvgIpc) is 2.73. The summed E-state index contributed by atoms with van der Waals surface area (Å²) in [6.07, 6.45) is 0. The molecule has 0 aromatic heterocycles. The third kappa shape index (κ3) is 4.36. The highest BCUT2D eigenvalue weighted by molar-refractivity contribution is 7.93. The maximum atomic E-state index is 12.9. The number of para-hydroxylation sites is 2. The Labute approximate surface area is 170 Å². The third-order valence-corrected chi connectivity index (χ3v) is 7.43. The number of sulfonamides is 2. The second-order valence-electron chi connectivity index (χ2n) is 6.09. The molecule has 0 bridgehead atoms. The van der Waals surface area contributed by atoms with E-state index in [0.717, 1.165) is 4.31 Å². The summed E-state index contributed by atoms with van der Waals surface area (Å²) in [5, 5.41) is 0. The van der Waals surface area contributed by atoms with Crippen LogP contribution in [0.3, 0.4) is 0 Å². The first-order valence-electron chi connectivity index (χ1n) is 8.55. The minimum absolute atomic E-state index is 0.0379. The molecule has 3 aromatic carbocycles. The Hall–Kier alpha value is -3.04. The van der Waals surface area contributed by atoms with E-state index >= 15 is 0 Å². The topological polar surface area (TPSA) is 92.8 Å². The monoisotopic (exact) mass is 432 g/mol. The van der Waals surface area contributed by atoms with E-state index in [1.54, 1.807) is 42.5 Å². The molecule has 0 spiro atoms. The number of methoxy groups -OCH3 is 1. The zero-order valence-corrected chi connectivity index (χ0v) is 17.4. The molecule has 3 rings (SSSR count). The van der Waals surface area contributed by atoms with Crippen LogP contribution in [0.5, 0.6) is 5.75 Å². The van der Waals surface area contributed by atoms with Gasteiger partial charge in [0.2, 0.25) is 0 Å². The standard InChI is InChI=1S/C20H20N2O5S2/c1-22(17-10-4-3-5-11-17)29(25,26)18-12-8-9-16(15-18)21-28(23,24)20-14-7-6-13-19(20)27-2/h3-15,21H,1-2H3. The maximum Gasteiger partial charge on any atom is 0.265 e. The Balaban J connectivity index is 1.94. The van der Waals surface area contributed by atoms with Gasteiger partial charge in [-0.05, 0) is 42.5 Å². The lowest BCUT2D eigenvalue weighted by Gasteiger charge is -2.20. The van der Waals surface area contributed by atoms with Crippen LogP contribution in [0, 0.1) is 0 Å². The van der Waals surface area contributed by atoms with Gasteiger partial charge in [0.15, 0.2) is 0 Å². The number of hydrogen-bond acceptors (Lipinski definition) is 5. The average molecular weight is 433 g/mol. The Bertz CT molecular complexity index is 1210. The van der Waals surface area contributed by atoms with Crippen molar-refractivity contribution in [2.45, 2.75) is 9.79 Å². The smallest absolute Gasteiger partial charge is 0.265 e. The fourth-order valence-electron chi connectivity index (χ4n) is 2.71. The fraction of sp³-hybridized carbons (Fsp3) is 0.100. The van der Waals surface area contributed by atoms with Crippen LogP contribution in [0.25, 0.3) is 0 Å². The van der Waals surface area contributed by atoms with Crippen LogP contribution >= 0.6 is 0 Å². The van der Waals surface area contributed by atoms with Gasteiger partial charge in [-0.15, -0.1) is 0 Å². The molecule has 1 N–H and O–H groups in total. The molecule has 0 radical (unpaired) electrons. The molecule has 29 heavy (non-hydrogen) atoms. The van der Waals surface area contributed by atoms with Crippen LogP contribution < -0.4 is 13.8 Å². The molecule has 7 nitrogen and oxygen atoms in total. The van der Waals surface area contributed by atoms with Gasteiger partial charge in [0.1, 0.15) is 10.6 Å². The highest BCUT2D eigenvalue weighted by Crippen LogP contribution is 2.27. The number of anilines is 2. The second-order valence-corrected chi connectivity index (χ2v) is 9.71. The van der Waals surface area contributed by atoms with E-state index in [2.05, 4.69) is 4.72 Å². The molecule has 152 valence electrons. The first kappa shape index (κ1) is 20.7. The van der Waals surface area contributed by atoms with Crippen LogP contribution in [0.2, 0.25) is 0 Å². The van der Waals surface area contributed by atoms with Crippen molar-refractivity contribution in [3.05, 3.63) is 78.9 Å². The summed E-state index contributed by atoms with van der Waals surface area (Å²) in [5.74, 6) is 0.188. The lowest BCUT2D eigenvalue weighted by Crippen LogP contribution is -2.26.